The topological polar surface area (TPSA) is 29.5 Å². The zero-order valence-corrected chi connectivity index (χ0v) is 13.0. The third-order valence-electron chi connectivity index (χ3n) is 3.42. The maximum absolute atomic E-state index is 9.55. The standard InChI is InChI=1S/C17H19ClO2/c1-10-7-11(2)12(3)17(8-10)20-16-6-5-14(13(4)19)9-15(16)18/h5-9,13,19H,1-4H3/t13-/m1/s1. The number of ether oxygens (including phenoxy) is 1. The minimum Gasteiger partial charge on any atom is -0.456 e. The van der Waals surface area contributed by atoms with Gasteiger partial charge in [-0.05, 0) is 68.1 Å². The van der Waals surface area contributed by atoms with E-state index in [4.69, 9.17) is 16.3 Å². The van der Waals surface area contributed by atoms with E-state index in [9.17, 15) is 5.11 Å². The van der Waals surface area contributed by atoms with Crippen molar-refractivity contribution in [3.8, 4) is 11.5 Å². The number of hydrogen-bond donors (Lipinski definition) is 1. The second kappa shape index (κ2) is 5.86. The number of aryl methyl sites for hydroxylation is 2. The molecule has 0 radical (unpaired) electrons. The minimum atomic E-state index is -0.537. The average Bonchev–Trinajstić information content (AvgIpc) is 2.37. The molecule has 0 amide bonds. The van der Waals surface area contributed by atoms with Crippen LogP contribution in [0.15, 0.2) is 30.3 Å². The predicted molar refractivity (Wildman–Crippen MR) is 82.8 cm³/mol. The van der Waals surface area contributed by atoms with Gasteiger partial charge in [-0.2, -0.15) is 0 Å². The number of aliphatic hydroxyl groups is 1. The van der Waals surface area contributed by atoms with Crippen LogP contribution < -0.4 is 4.74 Å². The summed E-state index contributed by atoms with van der Waals surface area (Å²) in [5.41, 5.74) is 4.22. The van der Waals surface area contributed by atoms with Crippen molar-refractivity contribution in [1.82, 2.24) is 0 Å². The van der Waals surface area contributed by atoms with E-state index in [-0.39, 0.29) is 0 Å². The van der Waals surface area contributed by atoms with Crippen LogP contribution in [-0.2, 0) is 0 Å². The third-order valence-corrected chi connectivity index (χ3v) is 3.72. The molecule has 0 saturated heterocycles. The molecule has 0 fully saturated rings. The largest absolute Gasteiger partial charge is 0.456 e. The first kappa shape index (κ1) is 14.9. The molecule has 1 atom stereocenters. The summed E-state index contributed by atoms with van der Waals surface area (Å²) in [4.78, 5) is 0. The van der Waals surface area contributed by atoms with Crippen molar-refractivity contribution in [1.29, 1.82) is 0 Å². The molecule has 2 aromatic rings. The molecule has 20 heavy (non-hydrogen) atoms. The fourth-order valence-corrected chi connectivity index (χ4v) is 2.31. The normalized spacial score (nSPS) is 12.3. The highest BCUT2D eigenvalue weighted by molar-refractivity contribution is 6.32. The average molecular weight is 291 g/mol. The SMILES string of the molecule is Cc1cc(C)c(C)c(Oc2ccc([C@@H](C)O)cc2Cl)c1. The number of rotatable bonds is 3. The van der Waals surface area contributed by atoms with Crippen LogP contribution in [-0.4, -0.2) is 5.11 Å². The number of benzene rings is 2. The Labute approximate surface area is 125 Å². The van der Waals surface area contributed by atoms with Crippen molar-refractivity contribution in [2.24, 2.45) is 0 Å². The molecule has 0 aliphatic heterocycles. The van der Waals surface area contributed by atoms with E-state index in [0.717, 1.165) is 22.4 Å². The third kappa shape index (κ3) is 3.14. The highest BCUT2D eigenvalue weighted by atomic mass is 35.5. The Hall–Kier alpha value is -1.51. The van der Waals surface area contributed by atoms with Gasteiger partial charge in [0.25, 0.3) is 0 Å². The Morgan fingerprint density at radius 3 is 2.35 bits per heavy atom. The van der Waals surface area contributed by atoms with E-state index in [1.54, 1.807) is 19.1 Å². The fraction of sp³-hybridized carbons (Fsp3) is 0.294. The molecule has 2 nitrogen and oxygen atoms in total. The van der Waals surface area contributed by atoms with E-state index >= 15 is 0 Å². The van der Waals surface area contributed by atoms with Gasteiger partial charge in [-0.25, -0.2) is 0 Å². The van der Waals surface area contributed by atoms with Crippen LogP contribution in [0.5, 0.6) is 11.5 Å². The Morgan fingerprint density at radius 2 is 1.75 bits per heavy atom. The van der Waals surface area contributed by atoms with E-state index in [1.807, 2.05) is 26.0 Å². The van der Waals surface area contributed by atoms with Gasteiger partial charge in [-0.15, -0.1) is 0 Å². The van der Waals surface area contributed by atoms with Crippen molar-refractivity contribution in [3.05, 3.63) is 57.6 Å². The van der Waals surface area contributed by atoms with Crippen LogP contribution in [0.1, 0.15) is 35.3 Å². The lowest BCUT2D eigenvalue weighted by Gasteiger charge is -2.14. The van der Waals surface area contributed by atoms with E-state index in [1.165, 1.54) is 5.56 Å². The zero-order chi connectivity index (χ0) is 14.9. The van der Waals surface area contributed by atoms with Gasteiger partial charge in [-0.1, -0.05) is 23.7 Å². The van der Waals surface area contributed by atoms with Gasteiger partial charge >= 0.3 is 0 Å². The van der Waals surface area contributed by atoms with E-state index in [2.05, 4.69) is 13.0 Å². The Bertz CT molecular complexity index is 633. The molecule has 0 aromatic heterocycles. The molecular formula is C17H19ClO2. The number of aliphatic hydroxyl groups excluding tert-OH is 1. The van der Waals surface area contributed by atoms with Gasteiger partial charge < -0.3 is 9.84 Å². The summed E-state index contributed by atoms with van der Waals surface area (Å²) in [6, 6.07) is 9.48. The van der Waals surface area contributed by atoms with Crippen LogP contribution in [0.3, 0.4) is 0 Å². The van der Waals surface area contributed by atoms with Crippen molar-refractivity contribution in [3.63, 3.8) is 0 Å². The zero-order valence-electron chi connectivity index (χ0n) is 12.2. The lowest BCUT2D eigenvalue weighted by molar-refractivity contribution is 0.199. The highest BCUT2D eigenvalue weighted by Crippen LogP contribution is 2.34. The Morgan fingerprint density at radius 1 is 1.05 bits per heavy atom. The lowest BCUT2D eigenvalue weighted by atomic mass is 10.1. The first-order chi connectivity index (χ1) is 9.38. The number of hydrogen-bond acceptors (Lipinski definition) is 2. The number of halogens is 1. The summed E-state index contributed by atoms with van der Waals surface area (Å²) < 4.78 is 5.92. The van der Waals surface area contributed by atoms with Gasteiger partial charge in [-0.3, -0.25) is 0 Å². The van der Waals surface area contributed by atoms with Gasteiger partial charge in [0.1, 0.15) is 11.5 Å². The summed E-state index contributed by atoms with van der Waals surface area (Å²) in [5.74, 6) is 1.42. The van der Waals surface area contributed by atoms with Crippen molar-refractivity contribution >= 4 is 11.6 Å². The molecular weight excluding hydrogens is 272 g/mol. The van der Waals surface area contributed by atoms with Gasteiger partial charge in [0, 0.05) is 0 Å². The van der Waals surface area contributed by atoms with Crippen LogP contribution in [0.2, 0.25) is 5.02 Å². The molecule has 3 heteroatoms. The van der Waals surface area contributed by atoms with Crippen molar-refractivity contribution in [2.75, 3.05) is 0 Å². The predicted octanol–water partition coefficient (Wildman–Crippen LogP) is 5.11. The molecule has 0 aliphatic carbocycles. The Kier molecular flexibility index (Phi) is 4.36. The molecule has 0 aliphatic rings. The molecule has 0 saturated carbocycles. The smallest absolute Gasteiger partial charge is 0.146 e. The summed E-state index contributed by atoms with van der Waals surface area (Å²) in [6.45, 7) is 7.84. The minimum absolute atomic E-state index is 0.502. The maximum Gasteiger partial charge on any atom is 0.146 e. The van der Waals surface area contributed by atoms with E-state index in [0.29, 0.717) is 10.8 Å². The lowest BCUT2D eigenvalue weighted by Crippen LogP contribution is -1.94. The quantitative estimate of drug-likeness (QED) is 0.851. The summed E-state index contributed by atoms with van der Waals surface area (Å²) in [6.07, 6.45) is -0.537. The first-order valence-electron chi connectivity index (χ1n) is 6.61. The second-order valence-corrected chi connectivity index (χ2v) is 5.58. The molecule has 2 aromatic carbocycles. The maximum atomic E-state index is 9.55. The summed E-state index contributed by atoms with van der Waals surface area (Å²) in [7, 11) is 0. The van der Waals surface area contributed by atoms with Gasteiger partial charge in [0.05, 0.1) is 11.1 Å². The molecule has 0 spiro atoms. The summed E-state index contributed by atoms with van der Waals surface area (Å²) >= 11 is 6.22. The summed E-state index contributed by atoms with van der Waals surface area (Å²) in [5, 5.41) is 10.0. The van der Waals surface area contributed by atoms with Gasteiger partial charge in [0.15, 0.2) is 0 Å². The molecule has 0 unspecified atom stereocenters. The van der Waals surface area contributed by atoms with E-state index < -0.39 is 6.10 Å². The van der Waals surface area contributed by atoms with Gasteiger partial charge in [0.2, 0.25) is 0 Å². The highest BCUT2D eigenvalue weighted by Gasteiger charge is 2.10. The molecule has 1 N–H and O–H groups in total. The van der Waals surface area contributed by atoms with Crippen LogP contribution in [0.4, 0.5) is 0 Å². The monoisotopic (exact) mass is 290 g/mol. The molecule has 2 rings (SSSR count). The first-order valence-corrected chi connectivity index (χ1v) is 6.99. The molecule has 0 heterocycles. The van der Waals surface area contributed by atoms with Crippen molar-refractivity contribution in [2.45, 2.75) is 33.8 Å². The Balaban J connectivity index is 2.35. The van der Waals surface area contributed by atoms with Crippen LogP contribution >= 0.6 is 11.6 Å². The second-order valence-electron chi connectivity index (χ2n) is 5.17. The van der Waals surface area contributed by atoms with Crippen LogP contribution in [0.25, 0.3) is 0 Å². The molecule has 0 bridgehead atoms. The van der Waals surface area contributed by atoms with Crippen LogP contribution in [0, 0.1) is 20.8 Å². The molecule has 106 valence electrons. The van der Waals surface area contributed by atoms with Crippen molar-refractivity contribution < 1.29 is 9.84 Å². The fourth-order valence-electron chi connectivity index (χ4n) is 2.08.